The van der Waals surface area contributed by atoms with E-state index in [1.807, 2.05) is 0 Å². The standard InChI is InChI=1S/C4H8Cl2.C4H9Cl/c5-3-1-2-4-6;1-2-3-4-5/h1-4H2;2-4H2,1H3. The second kappa shape index (κ2) is 17.1. The average molecular weight is 220 g/mol. The summed E-state index contributed by atoms with van der Waals surface area (Å²) in [5, 5.41) is 0. The van der Waals surface area contributed by atoms with Crippen molar-refractivity contribution in [3.05, 3.63) is 0 Å². The van der Waals surface area contributed by atoms with Gasteiger partial charge >= 0.3 is 0 Å². The Hall–Kier alpha value is 0.870. The Bertz CT molecular complexity index is 42.6. The van der Waals surface area contributed by atoms with Crippen LogP contribution in [0.5, 0.6) is 0 Å². The van der Waals surface area contributed by atoms with Crippen molar-refractivity contribution in [3.63, 3.8) is 0 Å². The van der Waals surface area contributed by atoms with E-state index in [1.54, 1.807) is 0 Å². The minimum absolute atomic E-state index is 0.743. The van der Waals surface area contributed by atoms with Crippen molar-refractivity contribution in [1.29, 1.82) is 0 Å². The predicted molar refractivity (Wildman–Crippen MR) is 56.3 cm³/mol. The summed E-state index contributed by atoms with van der Waals surface area (Å²) in [5.74, 6) is 2.30. The highest BCUT2D eigenvalue weighted by Crippen LogP contribution is 1.92. The van der Waals surface area contributed by atoms with E-state index in [2.05, 4.69) is 6.92 Å². The summed E-state index contributed by atoms with van der Waals surface area (Å²) in [6.45, 7) is 2.13. The van der Waals surface area contributed by atoms with Gasteiger partial charge in [0.05, 0.1) is 0 Å². The Morgan fingerprint density at radius 2 is 1.09 bits per heavy atom. The second-order valence-electron chi connectivity index (χ2n) is 2.13. The van der Waals surface area contributed by atoms with Gasteiger partial charge in [0.25, 0.3) is 0 Å². The maximum absolute atomic E-state index is 5.32. The maximum atomic E-state index is 5.32. The molecular weight excluding hydrogens is 202 g/mol. The molecule has 0 fully saturated rings. The zero-order chi connectivity index (χ0) is 8.95. The van der Waals surface area contributed by atoms with Gasteiger partial charge in [-0.2, -0.15) is 0 Å². The molecule has 0 aromatic carbocycles. The molecule has 0 saturated heterocycles. The van der Waals surface area contributed by atoms with Crippen molar-refractivity contribution < 1.29 is 0 Å². The van der Waals surface area contributed by atoms with Crippen LogP contribution in [0.15, 0.2) is 0 Å². The smallest absolute Gasteiger partial charge is 0.0223 e. The van der Waals surface area contributed by atoms with Crippen molar-refractivity contribution in [1.82, 2.24) is 0 Å². The molecule has 0 aliphatic rings. The van der Waals surface area contributed by atoms with Crippen LogP contribution in [0, 0.1) is 0 Å². The molecule has 3 heteroatoms. The minimum Gasteiger partial charge on any atom is -0.127 e. The van der Waals surface area contributed by atoms with Gasteiger partial charge in [-0.05, 0) is 19.3 Å². The van der Waals surface area contributed by atoms with Crippen LogP contribution >= 0.6 is 34.8 Å². The molecule has 0 heterocycles. The van der Waals surface area contributed by atoms with Crippen LogP contribution < -0.4 is 0 Å². The lowest BCUT2D eigenvalue weighted by Crippen LogP contribution is -1.74. The summed E-state index contributed by atoms with van der Waals surface area (Å²) in [6, 6.07) is 0. The Balaban J connectivity index is 0. The van der Waals surface area contributed by atoms with Crippen LogP contribution in [0.1, 0.15) is 32.6 Å². The highest BCUT2D eigenvalue weighted by atomic mass is 35.5. The Morgan fingerprint density at radius 1 is 0.727 bits per heavy atom. The van der Waals surface area contributed by atoms with Gasteiger partial charge in [-0.25, -0.2) is 0 Å². The lowest BCUT2D eigenvalue weighted by molar-refractivity contribution is 0.892. The Kier molecular flexibility index (Phi) is 22.4. The Morgan fingerprint density at radius 3 is 1.18 bits per heavy atom. The molecule has 0 rings (SSSR count). The lowest BCUT2D eigenvalue weighted by atomic mass is 10.4. The summed E-state index contributed by atoms with van der Waals surface area (Å²) in [4.78, 5) is 0. The van der Waals surface area contributed by atoms with Crippen molar-refractivity contribution >= 4 is 34.8 Å². The molecule has 0 aromatic rings. The SMILES string of the molecule is CCCCCl.ClCCCCCl. The number of hydrogen-bond donors (Lipinski definition) is 0. The van der Waals surface area contributed by atoms with E-state index < -0.39 is 0 Å². The third kappa shape index (κ3) is 24.8. The topological polar surface area (TPSA) is 0 Å². The van der Waals surface area contributed by atoms with Crippen LogP contribution in [0.25, 0.3) is 0 Å². The van der Waals surface area contributed by atoms with E-state index in [0.717, 1.165) is 36.9 Å². The molecule has 0 spiro atoms. The molecule has 0 N–H and O–H groups in total. The normalized spacial score (nSPS) is 8.73. The largest absolute Gasteiger partial charge is 0.127 e. The van der Waals surface area contributed by atoms with Crippen LogP contribution in [0.4, 0.5) is 0 Å². The van der Waals surface area contributed by atoms with Crippen molar-refractivity contribution in [2.45, 2.75) is 32.6 Å². The molecule has 0 aliphatic carbocycles. The summed E-state index contributed by atoms with van der Waals surface area (Å²) in [7, 11) is 0. The molecule has 0 atom stereocenters. The van der Waals surface area contributed by atoms with Gasteiger partial charge in [0.2, 0.25) is 0 Å². The third-order valence-electron chi connectivity index (χ3n) is 1.00. The minimum atomic E-state index is 0.743. The van der Waals surface area contributed by atoms with Crippen LogP contribution in [0.3, 0.4) is 0 Å². The number of unbranched alkanes of at least 4 members (excludes halogenated alkanes) is 2. The number of hydrogen-bond acceptors (Lipinski definition) is 0. The van der Waals surface area contributed by atoms with E-state index in [1.165, 1.54) is 6.42 Å². The first-order valence-electron chi connectivity index (χ1n) is 4.01. The van der Waals surface area contributed by atoms with E-state index >= 15 is 0 Å². The van der Waals surface area contributed by atoms with E-state index in [0.29, 0.717) is 0 Å². The lowest BCUT2D eigenvalue weighted by Gasteiger charge is -1.83. The first kappa shape index (κ1) is 14.4. The van der Waals surface area contributed by atoms with Gasteiger partial charge in [-0.3, -0.25) is 0 Å². The molecule has 0 radical (unpaired) electrons. The van der Waals surface area contributed by atoms with Crippen LogP contribution in [0.2, 0.25) is 0 Å². The molecule has 0 bridgehead atoms. The second-order valence-corrected chi connectivity index (χ2v) is 3.26. The molecular formula is C8H17Cl3. The van der Waals surface area contributed by atoms with E-state index in [4.69, 9.17) is 34.8 Å². The third-order valence-corrected chi connectivity index (χ3v) is 1.81. The van der Waals surface area contributed by atoms with E-state index in [-0.39, 0.29) is 0 Å². The van der Waals surface area contributed by atoms with Gasteiger partial charge in [0, 0.05) is 17.6 Å². The van der Waals surface area contributed by atoms with Gasteiger partial charge in [-0.15, -0.1) is 34.8 Å². The van der Waals surface area contributed by atoms with Crippen molar-refractivity contribution in [3.8, 4) is 0 Å². The first-order chi connectivity index (χ1) is 5.33. The number of halogens is 3. The summed E-state index contributed by atoms with van der Waals surface area (Å²) in [5.41, 5.74) is 0. The molecule has 11 heavy (non-hydrogen) atoms. The van der Waals surface area contributed by atoms with Gasteiger partial charge in [-0.1, -0.05) is 13.3 Å². The number of alkyl halides is 3. The molecule has 0 aliphatic heterocycles. The highest BCUT2D eigenvalue weighted by Gasteiger charge is 1.78. The fourth-order valence-electron chi connectivity index (χ4n) is 0.323. The first-order valence-corrected chi connectivity index (χ1v) is 5.61. The molecule has 0 saturated carbocycles. The zero-order valence-electron chi connectivity index (χ0n) is 7.08. The molecule has 0 nitrogen and oxygen atoms in total. The van der Waals surface area contributed by atoms with Crippen molar-refractivity contribution in [2.75, 3.05) is 17.6 Å². The maximum Gasteiger partial charge on any atom is 0.0223 e. The zero-order valence-corrected chi connectivity index (χ0v) is 9.35. The molecule has 70 valence electrons. The molecule has 0 aromatic heterocycles. The van der Waals surface area contributed by atoms with Gasteiger partial charge < -0.3 is 0 Å². The van der Waals surface area contributed by atoms with E-state index in [9.17, 15) is 0 Å². The molecule has 0 amide bonds. The predicted octanol–water partition coefficient (Wildman–Crippen LogP) is 4.27. The van der Waals surface area contributed by atoms with Crippen LogP contribution in [-0.2, 0) is 0 Å². The fourth-order valence-corrected chi connectivity index (χ4v) is 0.968. The van der Waals surface area contributed by atoms with Crippen molar-refractivity contribution in [2.24, 2.45) is 0 Å². The van der Waals surface area contributed by atoms with Gasteiger partial charge in [0.15, 0.2) is 0 Å². The van der Waals surface area contributed by atoms with Gasteiger partial charge in [0.1, 0.15) is 0 Å². The number of rotatable bonds is 5. The highest BCUT2D eigenvalue weighted by molar-refractivity contribution is 6.18. The summed E-state index contributed by atoms with van der Waals surface area (Å²) < 4.78 is 0. The summed E-state index contributed by atoms with van der Waals surface area (Å²) >= 11 is 15.9. The summed E-state index contributed by atoms with van der Waals surface area (Å²) in [6.07, 6.45) is 4.46. The van der Waals surface area contributed by atoms with Crippen LogP contribution in [-0.4, -0.2) is 17.6 Å². The molecule has 0 unspecified atom stereocenters. The monoisotopic (exact) mass is 218 g/mol. The average Bonchev–Trinajstić information content (AvgIpc) is 2.04. The Labute approximate surface area is 85.2 Å². The fraction of sp³-hybridized carbons (Fsp3) is 1.00. The quantitative estimate of drug-likeness (QED) is 0.479.